The second kappa shape index (κ2) is 6.97. The molecule has 1 unspecified atom stereocenters. The molecular weight excluding hydrogens is 324 g/mol. The number of rotatable bonds is 4. The van der Waals surface area contributed by atoms with Crippen LogP contribution in [0.1, 0.15) is 12.5 Å². The summed E-state index contributed by atoms with van der Waals surface area (Å²) in [6, 6.07) is 5.44. The molecule has 3 rings (SSSR count). The van der Waals surface area contributed by atoms with E-state index in [0.717, 1.165) is 5.39 Å². The Morgan fingerprint density at radius 2 is 2.44 bits per heavy atom. The van der Waals surface area contributed by atoms with Crippen LogP contribution in [0, 0.1) is 17.2 Å². The molecule has 0 aromatic carbocycles. The van der Waals surface area contributed by atoms with Gasteiger partial charge in [-0.2, -0.15) is 5.26 Å². The van der Waals surface area contributed by atoms with Gasteiger partial charge >= 0.3 is 5.97 Å². The maximum atomic E-state index is 12.6. The molecule has 1 atom stereocenters. The number of carbonyl (C=O) groups is 2. The number of nitriles is 1. The Labute approximate surface area is 142 Å². The highest BCUT2D eigenvalue weighted by Crippen LogP contribution is 2.27. The molecule has 1 N–H and O–H groups in total. The van der Waals surface area contributed by atoms with Crippen molar-refractivity contribution >= 4 is 34.8 Å². The predicted octanol–water partition coefficient (Wildman–Crippen LogP) is 1.60. The number of hydrogen-bond acceptors (Lipinski definition) is 7. The third kappa shape index (κ3) is 3.12. The van der Waals surface area contributed by atoms with Gasteiger partial charge in [-0.3, -0.25) is 9.59 Å². The number of ketones is 1. The van der Waals surface area contributed by atoms with Crippen LogP contribution in [-0.4, -0.2) is 40.8 Å². The van der Waals surface area contributed by atoms with Gasteiger partial charge in [0.2, 0.25) is 11.7 Å². The first-order valence-electron chi connectivity index (χ1n) is 7.59. The quantitative estimate of drug-likeness (QED) is 0.392. The molecule has 2 aromatic rings. The van der Waals surface area contributed by atoms with Crippen LogP contribution in [0.5, 0.6) is 0 Å². The first kappa shape index (κ1) is 16.4. The summed E-state index contributed by atoms with van der Waals surface area (Å²) in [6.07, 6.45) is 4.85. The van der Waals surface area contributed by atoms with Crippen molar-refractivity contribution in [3.05, 3.63) is 35.8 Å². The summed E-state index contributed by atoms with van der Waals surface area (Å²) in [7, 11) is 0. The predicted molar refractivity (Wildman–Crippen MR) is 88.2 cm³/mol. The fourth-order valence-electron chi connectivity index (χ4n) is 2.48. The zero-order valence-electron chi connectivity index (χ0n) is 13.4. The number of nitrogens with one attached hydrogen (secondary N) is 1. The number of Topliss-reactive ketones (excluding diaryl/α,β-unsaturated/α-hetero) is 1. The lowest BCUT2D eigenvalue weighted by Gasteiger charge is -2.05. The van der Waals surface area contributed by atoms with Crippen molar-refractivity contribution in [2.45, 2.75) is 6.92 Å². The normalized spacial score (nSPS) is 20.0. The molecule has 0 radical (unpaired) electrons. The Morgan fingerprint density at radius 3 is 3.20 bits per heavy atom. The van der Waals surface area contributed by atoms with E-state index < -0.39 is 17.7 Å². The van der Waals surface area contributed by atoms with E-state index in [2.05, 4.69) is 15.0 Å². The molecule has 2 aromatic heterocycles. The van der Waals surface area contributed by atoms with Crippen LogP contribution in [0.15, 0.2) is 35.3 Å². The molecule has 1 aliphatic rings. The Morgan fingerprint density at radius 1 is 1.60 bits per heavy atom. The SMILES string of the molecule is CCOC(=O)C1C(=O)/C(=C/c2c[nH]c3ncccc23)OC1=NCC#N. The van der Waals surface area contributed by atoms with Crippen LogP contribution < -0.4 is 0 Å². The molecule has 0 spiro atoms. The molecule has 0 saturated carbocycles. The van der Waals surface area contributed by atoms with Crippen molar-refractivity contribution in [3.63, 3.8) is 0 Å². The molecule has 0 amide bonds. The minimum Gasteiger partial charge on any atom is -0.465 e. The zero-order valence-corrected chi connectivity index (χ0v) is 13.4. The van der Waals surface area contributed by atoms with Crippen LogP contribution in [0.4, 0.5) is 0 Å². The smallest absolute Gasteiger partial charge is 0.326 e. The Kier molecular flexibility index (Phi) is 4.57. The lowest BCUT2D eigenvalue weighted by molar-refractivity contribution is -0.147. The molecular formula is C17H14N4O4. The zero-order chi connectivity index (χ0) is 17.8. The van der Waals surface area contributed by atoms with Crippen molar-refractivity contribution in [1.29, 1.82) is 5.26 Å². The third-order valence-corrected chi connectivity index (χ3v) is 3.56. The summed E-state index contributed by atoms with van der Waals surface area (Å²) in [5.41, 5.74) is 1.36. The van der Waals surface area contributed by atoms with Gasteiger partial charge in [0.15, 0.2) is 11.7 Å². The standard InChI is InChI=1S/C17H14N4O4/c1-2-24-17(23)13-14(22)12(25-16(13)20-7-5-18)8-10-9-21-15-11(10)4-3-6-19-15/h3-4,6,8-9,13H,2,7H2,1H3,(H,19,21)/b12-8-,20-16?. The van der Waals surface area contributed by atoms with Gasteiger partial charge in [0.1, 0.15) is 12.2 Å². The largest absolute Gasteiger partial charge is 0.465 e. The summed E-state index contributed by atoms with van der Waals surface area (Å²) in [4.78, 5) is 35.7. The van der Waals surface area contributed by atoms with E-state index >= 15 is 0 Å². The summed E-state index contributed by atoms with van der Waals surface area (Å²) in [5, 5.41) is 9.48. The number of aliphatic imine (C=N–C) groups is 1. The number of fused-ring (bicyclic) bond motifs is 1. The fraction of sp³-hybridized carbons (Fsp3) is 0.235. The van der Waals surface area contributed by atoms with Crippen molar-refractivity contribution in [1.82, 2.24) is 9.97 Å². The van der Waals surface area contributed by atoms with Gasteiger partial charge in [-0.1, -0.05) is 0 Å². The minimum atomic E-state index is -1.28. The molecule has 8 nitrogen and oxygen atoms in total. The monoisotopic (exact) mass is 338 g/mol. The number of aromatic amines is 1. The molecule has 25 heavy (non-hydrogen) atoms. The first-order valence-corrected chi connectivity index (χ1v) is 7.59. The number of pyridine rings is 1. The molecule has 1 aliphatic heterocycles. The molecule has 1 saturated heterocycles. The van der Waals surface area contributed by atoms with Crippen molar-refractivity contribution in [3.8, 4) is 6.07 Å². The molecule has 8 heteroatoms. The van der Waals surface area contributed by atoms with E-state index in [1.54, 1.807) is 25.4 Å². The Balaban J connectivity index is 1.98. The van der Waals surface area contributed by atoms with Crippen LogP contribution in [-0.2, 0) is 19.1 Å². The van der Waals surface area contributed by atoms with Gasteiger partial charge in [0.05, 0.1) is 12.7 Å². The summed E-state index contributed by atoms with van der Waals surface area (Å²) in [5.74, 6) is -2.71. The van der Waals surface area contributed by atoms with Gasteiger partial charge in [0, 0.05) is 23.3 Å². The van der Waals surface area contributed by atoms with Crippen molar-refractivity contribution in [2.24, 2.45) is 10.9 Å². The Hall–Kier alpha value is -3.47. The average Bonchev–Trinajstić information content (AvgIpc) is 3.15. The highest BCUT2D eigenvalue weighted by Gasteiger charge is 2.44. The molecule has 0 aliphatic carbocycles. The van der Waals surface area contributed by atoms with Crippen LogP contribution in [0.25, 0.3) is 17.1 Å². The topological polar surface area (TPSA) is 117 Å². The van der Waals surface area contributed by atoms with E-state index in [-0.39, 0.29) is 24.8 Å². The van der Waals surface area contributed by atoms with Crippen LogP contribution >= 0.6 is 0 Å². The van der Waals surface area contributed by atoms with Crippen LogP contribution in [0.2, 0.25) is 0 Å². The molecule has 126 valence electrons. The van der Waals surface area contributed by atoms with E-state index in [1.807, 2.05) is 12.1 Å². The van der Waals surface area contributed by atoms with Gasteiger partial charge in [-0.15, -0.1) is 0 Å². The summed E-state index contributed by atoms with van der Waals surface area (Å²) in [6.45, 7) is 1.55. The van der Waals surface area contributed by atoms with Gasteiger partial charge < -0.3 is 14.5 Å². The Bertz CT molecular complexity index is 936. The van der Waals surface area contributed by atoms with E-state index in [1.165, 1.54) is 6.08 Å². The van der Waals surface area contributed by atoms with E-state index in [0.29, 0.717) is 11.2 Å². The highest BCUT2D eigenvalue weighted by atomic mass is 16.5. The highest BCUT2D eigenvalue weighted by molar-refractivity contribution is 6.27. The van der Waals surface area contributed by atoms with Crippen molar-refractivity contribution in [2.75, 3.05) is 13.2 Å². The second-order valence-electron chi connectivity index (χ2n) is 5.12. The maximum absolute atomic E-state index is 12.6. The number of nitrogens with zero attached hydrogens (tertiary/aromatic N) is 3. The lowest BCUT2D eigenvalue weighted by atomic mass is 10.0. The number of carbonyl (C=O) groups excluding carboxylic acids is 2. The molecule has 3 heterocycles. The number of hydrogen-bond donors (Lipinski definition) is 1. The number of esters is 1. The number of ether oxygens (including phenoxy) is 2. The van der Waals surface area contributed by atoms with E-state index in [9.17, 15) is 9.59 Å². The fourth-order valence-corrected chi connectivity index (χ4v) is 2.48. The third-order valence-electron chi connectivity index (χ3n) is 3.56. The lowest BCUT2D eigenvalue weighted by Crippen LogP contribution is -2.27. The number of allylic oxidation sites excluding steroid dienone is 1. The van der Waals surface area contributed by atoms with Gasteiger partial charge in [-0.05, 0) is 25.1 Å². The average molecular weight is 338 g/mol. The molecule has 1 fully saturated rings. The van der Waals surface area contributed by atoms with Crippen LogP contribution in [0.3, 0.4) is 0 Å². The number of aromatic nitrogens is 2. The van der Waals surface area contributed by atoms with E-state index in [4.69, 9.17) is 14.7 Å². The van der Waals surface area contributed by atoms with Gasteiger partial charge in [-0.25, -0.2) is 9.98 Å². The summed E-state index contributed by atoms with van der Waals surface area (Å²) < 4.78 is 10.4. The number of H-pyrrole nitrogens is 1. The van der Waals surface area contributed by atoms with Crippen molar-refractivity contribution < 1.29 is 19.1 Å². The van der Waals surface area contributed by atoms with Gasteiger partial charge in [0.25, 0.3) is 0 Å². The summed E-state index contributed by atoms with van der Waals surface area (Å²) >= 11 is 0. The first-order chi connectivity index (χ1) is 12.2. The molecule has 0 bridgehead atoms. The maximum Gasteiger partial charge on any atom is 0.326 e. The second-order valence-corrected chi connectivity index (χ2v) is 5.12. The minimum absolute atomic E-state index is 0.0282.